The maximum atomic E-state index is 6.35. The molecule has 2 N–H and O–H groups in total. The molecule has 1 unspecified atom stereocenters. The third-order valence-corrected chi connectivity index (χ3v) is 4.26. The molecule has 3 nitrogen and oxygen atoms in total. The zero-order valence-electron chi connectivity index (χ0n) is 11.7. The first kappa shape index (κ1) is 13.8. The second kappa shape index (κ2) is 6.08. The fraction of sp³-hybridized carbons (Fsp3) is 0.118. The summed E-state index contributed by atoms with van der Waals surface area (Å²) in [5, 5.41) is 2.93. The molecule has 4 heteroatoms. The van der Waals surface area contributed by atoms with Gasteiger partial charge in [-0.1, -0.05) is 48.5 Å². The fourth-order valence-electron chi connectivity index (χ4n) is 2.23. The van der Waals surface area contributed by atoms with Crippen LogP contribution in [0.5, 0.6) is 5.75 Å². The molecular weight excluding hydrogens is 280 g/mol. The van der Waals surface area contributed by atoms with Crippen LogP contribution in [0.2, 0.25) is 0 Å². The highest BCUT2D eigenvalue weighted by atomic mass is 32.1. The van der Waals surface area contributed by atoms with E-state index >= 15 is 0 Å². The van der Waals surface area contributed by atoms with Crippen molar-refractivity contribution >= 4 is 11.3 Å². The number of aromatic nitrogens is 1. The lowest BCUT2D eigenvalue weighted by molar-refractivity contribution is 0.408. The highest BCUT2D eigenvalue weighted by Gasteiger charge is 2.17. The van der Waals surface area contributed by atoms with Gasteiger partial charge in [-0.3, -0.25) is 0 Å². The van der Waals surface area contributed by atoms with E-state index in [1.165, 1.54) is 0 Å². The van der Waals surface area contributed by atoms with Crippen LogP contribution in [-0.4, -0.2) is 12.1 Å². The minimum absolute atomic E-state index is 0.274. The van der Waals surface area contributed by atoms with E-state index in [1.807, 2.05) is 60.0 Å². The molecule has 3 rings (SSSR count). The number of nitrogens with zero attached hydrogens (tertiary/aromatic N) is 1. The first-order valence-corrected chi connectivity index (χ1v) is 7.57. The molecule has 2 aromatic carbocycles. The molecule has 0 saturated carbocycles. The molecule has 0 aliphatic carbocycles. The molecule has 0 amide bonds. The van der Waals surface area contributed by atoms with Crippen LogP contribution in [0.3, 0.4) is 0 Å². The fourth-order valence-corrected chi connectivity index (χ4v) is 3.07. The van der Waals surface area contributed by atoms with Crippen molar-refractivity contribution < 1.29 is 4.74 Å². The Labute approximate surface area is 128 Å². The number of hydrogen-bond acceptors (Lipinski definition) is 4. The monoisotopic (exact) mass is 296 g/mol. The van der Waals surface area contributed by atoms with E-state index in [2.05, 4.69) is 4.98 Å². The molecule has 0 aliphatic heterocycles. The minimum atomic E-state index is -0.274. The average Bonchev–Trinajstić information content (AvgIpc) is 3.05. The van der Waals surface area contributed by atoms with Crippen LogP contribution in [0.15, 0.2) is 60.0 Å². The van der Waals surface area contributed by atoms with E-state index in [4.69, 9.17) is 10.5 Å². The van der Waals surface area contributed by atoms with Crippen LogP contribution in [0.1, 0.15) is 16.6 Å². The molecule has 0 bridgehead atoms. The molecule has 0 spiro atoms. The Morgan fingerprint density at radius 3 is 2.52 bits per heavy atom. The van der Waals surface area contributed by atoms with Crippen molar-refractivity contribution in [3.05, 3.63) is 70.5 Å². The third kappa shape index (κ3) is 2.82. The Morgan fingerprint density at radius 1 is 1.05 bits per heavy atom. The maximum absolute atomic E-state index is 6.35. The predicted molar refractivity (Wildman–Crippen MR) is 86.6 cm³/mol. The second-order valence-corrected chi connectivity index (χ2v) is 5.55. The van der Waals surface area contributed by atoms with E-state index in [0.29, 0.717) is 0 Å². The molecule has 3 aromatic rings. The zero-order chi connectivity index (χ0) is 14.7. The number of nitrogens with two attached hydrogens (primary N) is 1. The summed E-state index contributed by atoms with van der Waals surface area (Å²) in [6, 6.07) is 17.6. The molecule has 1 aromatic heterocycles. The van der Waals surface area contributed by atoms with Crippen LogP contribution < -0.4 is 10.5 Å². The highest BCUT2D eigenvalue weighted by molar-refractivity contribution is 7.10. The van der Waals surface area contributed by atoms with Gasteiger partial charge in [-0.05, 0) is 6.07 Å². The van der Waals surface area contributed by atoms with E-state index < -0.39 is 0 Å². The van der Waals surface area contributed by atoms with Crippen molar-refractivity contribution in [1.82, 2.24) is 4.98 Å². The molecular formula is C17H16N2OS. The number of benzene rings is 2. The first-order valence-electron chi connectivity index (χ1n) is 6.69. The lowest BCUT2D eigenvalue weighted by Crippen LogP contribution is -2.12. The summed E-state index contributed by atoms with van der Waals surface area (Å²) in [5.74, 6) is 0.793. The van der Waals surface area contributed by atoms with Crippen molar-refractivity contribution in [2.45, 2.75) is 6.04 Å². The largest absolute Gasteiger partial charge is 0.496 e. The zero-order valence-corrected chi connectivity index (χ0v) is 12.5. The van der Waals surface area contributed by atoms with Crippen LogP contribution in [-0.2, 0) is 0 Å². The molecule has 21 heavy (non-hydrogen) atoms. The van der Waals surface area contributed by atoms with Gasteiger partial charge in [0.1, 0.15) is 10.8 Å². The van der Waals surface area contributed by atoms with Gasteiger partial charge in [-0.15, -0.1) is 11.3 Å². The van der Waals surface area contributed by atoms with Crippen molar-refractivity contribution in [2.75, 3.05) is 7.11 Å². The standard InChI is InChI=1S/C17H16N2OS/c1-20-15-10-6-5-9-13(15)16(18)17-19-14(11-21-17)12-7-3-2-4-8-12/h2-11,16H,18H2,1H3. The number of thiazole rings is 1. The maximum Gasteiger partial charge on any atom is 0.124 e. The van der Waals surface area contributed by atoms with Gasteiger partial charge in [0.2, 0.25) is 0 Å². The van der Waals surface area contributed by atoms with Gasteiger partial charge < -0.3 is 10.5 Å². The number of rotatable bonds is 4. The van der Waals surface area contributed by atoms with E-state index in [-0.39, 0.29) is 6.04 Å². The summed E-state index contributed by atoms with van der Waals surface area (Å²) in [4.78, 5) is 4.67. The molecule has 1 heterocycles. The number of methoxy groups -OCH3 is 1. The molecule has 0 radical (unpaired) electrons. The SMILES string of the molecule is COc1ccccc1C(N)c1nc(-c2ccccc2)cs1. The van der Waals surface area contributed by atoms with E-state index in [0.717, 1.165) is 27.6 Å². The van der Waals surface area contributed by atoms with Gasteiger partial charge in [0, 0.05) is 16.5 Å². The summed E-state index contributed by atoms with van der Waals surface area (Å²) >= 11 is 1.57. The highest BCUT2D eigenvalue weighted by Crippen LogP contribution is 2.31. The van der Waals surface area contributed by atoms with Crippen LogP contribution in [0, 0.1) is 0 Å². The van der Waals surface area contributed by atoms with Gasteiger partial charge in [-0.25, -0.2) is 4.98 Å². The Morgan fingerprint density at radius 2 is 1.76 bits per heavy atom. The topological polar surface area (TPSA) is 48.1 Å². The van der Waals surface area contributed by atoms with Crippen LogP contribution in [0.25, 0.3) is 11.3 Å². The van der Waals surface area contributed by atoms with Gasteiger partial charge in [0.15, 0.2) is 0 Å². The minimum Gasteiger partial charge on any atom is -0.496 e. The molecule has 106 valence electrons. The Balaban J connectivity index is 1.93. The molecule has 0 fully saturated rings. The van der Waals surface area contributed by atoms with E-state index in [1.54, 1.807) is 18.4 Å². The van der Waals surface area contributed by atoms with Gasteiger partial charge >= 0.3 is 0 Å². The smallest absolute Gasteiger partial charge is 0.124 e. The Bertz CT molecular complexity index is 724. The predicted octanol–water partition coefficient (Wildman–Crippen LogP) is 3.87. The van der Waals surface area contributed by atoms with Crippen molar-refractivity contribution in [2.24, 2.45) is 5.73 Å². The summed E-state index contributed by atoms with van der Waals surface area (Å²) in [6.07, 6.45) is 0. The first-order chi connectivity index (χ1) is 10.3. The molecule has 0 aliphatic rings. The third-order valence-electron chi connectivity index (χ3n) is 3.33. The molecule has 1 atom stereocenters. The van der Waals surface area contributed by atoms with Gasteiger partial charge in [0.05, 0.1) is 18.8 Å². The van der Waals surface area contributed by atoms with Crippen molar-refractivity contribution in [3.63, 3.8) is 0 Å². The lowest BCUT2D eigenvalue weighted by Gasteiger charge is -2.13. The normalized spacial score (nSPS) is 12.1. The van der Waals surface area contributed by atoms with E-state index in [9.17, 15) is 0 Å². The second-order valence-electron chi connectivity index (χ2n) is 4.66. The van der Waals surface area contributed by atoms with Gasteiger partial charge in [-0.2, -0.15) is 0 Å². The summed E-state index contributed by atoms with van der Waals surface area (Å²) in [5.41, 5.74) is 9.37. The Kier molecular flexibility index (Phi) is 3.99. The van der Waals surface area contributed by atoms with Crippen LogP contribution >= 0.6 is 11.3 Å². The van der Waals surface area contributed by atoms with Crippen molar-refractivity contribution in [3.8, 4) is 17.0 Å². The molecule has 0 saturated heterocycles. The van der Waals surface area contributed by atoms with Gasteiger partial charge in [0.25, 0.3) is 0 Å². The number of ether oxygens (including phenoxy) is 1. The summed E-state index contributed by atoms with van der Waals surface area (Å²) in [7, 11) is 1.66. The van der Waals surface area contributed by atoms with Crippen LogP contribution in [0.4, 0.5) is 0 Å². The Hall–Kier alpha value is -2.17. The number of hydrogen-bond donors (Lipinski definition) is 1. The summed E-state index contributed by atoms with van der Waals surface area (Å²) < 4.78 is 5.38. The quantitative estimate of drug-likeness (QED) is 0.795. The summed E-state index contributed by atoms with van der Waals surface area (Å²) in [6.45, 7) is 0. The average molecular weight is 296 g/mol. The van der Waals surface area contributed by atoms with Crippen molar-refractivity contribution in [1.29, 1.82) is 0 Å². The lowest BCUT2D eigenvalue weighted by atomic mass is 10.1. The number of para-hydroxylation sites is 1.